The molecule has 2 aliphatic rings. The van der Waals surface area contributed by atoms with Crippen LogP contribution in [-0.4, -0.2) is 67.5 Å². The van der Waals surface area contributed by atoms with Crippen LogP contribution >= 0.6 is 0 Å². The zero-order chi connectivity index (χ0) is 25.2. The molecular formula is C29H39FN2O4. The van der Waals surface area contributed by atoms with E-state index in [0.717, 1.165) is 81.8 Å². The van der Waals surface area contributed by atoms with Crippen molar-refractivity contribution in [3.63, 3.8) is 0 Å². The third-order valence-electron chi connectivity index (χ3n) is 6.91. The van der Waals surface area contributed by atoms with E-state index in [0.29, 0.717) is 19.6 Å². The molecule has 2 aromatic carbocycles. The van der Waals surface area contributed by atoms with Gasteiger partial charge in [0.15, 0.2) is 6.29 Å². The Balaban J connectivity index is 1.36. The normalized spacial score (nSPS) is 17.7. The fourth-order valence-corrected chi connectivity index (χ4v) is 4.85. The molecule has 2 aliphatic heterocycles. The number of piperidine rings is 1. The van der Waals surface area contributed by atoms with Gasteiger partial charge in [-0.1, -0.05) is 31.2 Å². The minimum absolute atomic E-state index is 0.0909. The summed E-state index contributed by atoms with van der Waals surface area (Å²) in [6.07, 6.45) is 4.89. The van der Waals surface area contributed by atoms with Crippen LogP contribution in [0.15, 0.2) is 48.5 Å². The van der Waals surface area contributed by atoms with E-state index in [1.807, 2.05) is 29.2 Å². The molecule has 0 bridgehead atoms. The first kappa shape index (κ1) is 26.6. The van der Waals surface area contributed by atoms with Crippen LogP contribution < -0.4 is 4.74 Å². The summed E-state index contributed by atoms with van der Waals surface area (Å²) in [7, 11) is 0. The number of benzene rings is 2. The smallest absolute Gasteiger partial charge is 0.227 e. The summed E-state index contributed by atoms with van der Waals surface area (Å²) in [5, 5.41) is 0. The Hall–Kier alpha value is -2.48. The molecule has 4 rings (SSSR count). The number of likely N-dealkylation sites (tertiary alicyclic amines) is 1. The van der Waals surface area contributed by atoms with Crippen LogP contribution in [0.1, 0.15) is 50.2 Å². The van der Waals surface area contributed by atoms with Crippen LogP contribution in [0.25, 0.3) is 0 Å². The van der Waals surface area contributed by atoms with Gasteiger partial charge in [-0.25, -0.2) is 4.39 Å². The molecule has 0 aromatic heterocycles. The summed E-state index contributed by atoms with van der Waals surface area (Å²) < 4.78 is 30.5. The Bertz CT molecular complexity index is 923. The highest BCUT2D eigenvalue weighted by molar-refractivity contribution is 5.79. The van der Waals surface area contributed by atoms with Crippen LogP contribution in [0.2, 0.25) is 0 Å². The summed E-state index contributed by atoms with van der Waals surface area (Å²) in [6, 6.07) is 14.4. The zero-order valence-electron chi connectivity index (χ0n) is 21.4. The number of carbonyl (C=O) groups excluding carboxylic acids is 1. The Labute approximate surface area is 214 Å². The molecule has 0 atom stereocenters. The first-order valence-corrected chi connectivity index (χ1v) is 13.3. The van der Waals surface area contributed by atoms with Crippen LogP contribution in [0, 0.1) is 5.82 Å². The molecule has 0 aliphatic carbocycles. The zero-order valence-corrected chi connectivity index (χ0v) is 21.4. The van der Waals surface area contributed by atoms with Gasteiger partial charge in [0.2, 0.25) is 5.91 Å². The summed E-state index contributed by atoms with van der Waals surface area (Å²) >= 11 is 0. The fraction of sp³-hybridized carbons (Fsp3) is 0.552. The molecule has 0 unspecified atom stereocenters. The van der Waals surface area contributed by atoms with E-state index in [1.54, 1.807) is 12.1 Å². The number of halogens is 1. The van der Waals surface area contributed by atoms with Crippen molar-refractivity contribution in [2.24, 2.45) is 0 Å². The van der Waals surface area contributed by atoms with E-state index in [9.17, 15) is 9.18 Å². The summed E-state index contributed by atoms with van der Waals surface area (Å²) in [5.41, 5.74) is 1.92. The van der Waals surface area contributed by atoms with Crippen molar-refractivity contribution in [3.05, 3.63) is 65.5 Å². The predicted molar refractivity (Wildman–Crippen MR) is 137 cm³/mol. The fourth-order valence-electron chi connectivity index (χ4n) is 4.85. The van der Waals surface area contributed by atoms with Crippen molar-refractivity contribution < 1.29 is 23.4 Å². The van der Waals surface area contributed by atoms with Gasteiger partial charge in [-0.3, -0.25) is 4.79 Å². The second-order valence-corrected chi connectivity index (χ2v) is 9.70. The van der Waals surface area contributed by atoms with Gasteiger partial charge in [0.05, 0.1) is 26.2 Å². The molecule has 36 heavy (non-hydrogen) atoms. The molecule has 0 radical (unpaired) electrons. The number of hydrogen-bond donors (Lipinski definition) is 0. The topological polar surface area (TPSA) is 51.2 Å². The molecule has 2 heterocycles. The minimum atomic E-state index is -0.263. The van der Waals surface area contributed by atoms with Gasteiger partial charge in [-0.15, -0.1) is 0 Å². The van der Waals surface area contributed by atoms with Crippen LogP contribution in [0.4, 0.5) is 4.39 Å². The van der Waals surface area contributed by atoms with E-state index < -0.39 is 0 Å². The molecule has 2 fully saturated rings. The van der Waals surface area contributed by atoms with E-state index in [4.69, 9.17) is 14.2 Å². The van der Waals surface area contributed by atoms with Crippen molar-refractivity contribution in [2.75, 3.05) is 39.5 Å². The highest BCUT2D eigenvalue weighted by atomic mass is 19.1. The maximum Gasteiger partial charge on any atom is 0.227 e. The molecule has 0 spiro atoms. The first-order chi connectivity index (χ1) is 17.6. The Morgan fingerprint density at radius 1 is 1.03 bits per heavy atom. The second-order valence-electron chi connectivity index (χ2n) is 9.70. The van der Waals surface area contributed by atoms with E-state index in [2.05, 4.69) is 11.8 Å². The molecule has 196 valence electrons. The molecule has 0 saturated carbocycles. The number of ether oxygens (including phenoxy) is 3. The Morgan fingerprint density at radius 3 is 2.36 bits per heavy atom. The quantitative estimate of drug-likeness (QED) is 0.445. The number of hydrogen-bond acceptors (Lipinski definition) is 5. The lowest BCUT2D eigenvalue weighted by molar-refractivity contribution is -0.182. The maximum absolute atomic E-state index is 13.5. The highest BCUT2D eigenvalue weighted by Crippen LogP contribution is 2.22. The maximum atomic E-state index is 13.5. The monoisotopic (exact) mass is 498 g/mol. The van der Waals surface area contributed by atoms with Crippen LogP contribution in [0.5, 0.6) is 5.75 Å². The molecule has 1 amide bonds. The number of nitrogens with zero attached hydrogens (tertiary/aromatic N) is 2. The van der Waals surface area contributed by atoms with Gasteiger partial charge in [-0.2, -0.15) is 0 Å². The van der Waals surface area contributed by atoms with Gasteiger partial charge < -0.3 is 24.0 Å². The lowest BCUT2D eigenvalue weighted by Crippen LogP contribution is -2.48. The third kappa shape index (κ3) is 8.02. The van der Waals surface area contributed by atoms with Crippen LogP contribution in [0.3, 0.4) is 0 Å². The van der Waals surface area contributed by atoms with Gasteiger partial charge in [0.1, 0.15) is 11.6 Å². The van der Waals surface area contributed by atoms with Crippen molar-refractivity contribution in [2.45, 2.75) is 64.3 Å². The Morgan fingerprint density at radius 2 is 1.69 bits per heavy atom. The molecule has 6 nitrogen and oxygen atoms in total. The summed E-state index contributed by atoms with van der Waals surface area (Å²) in [6.45, 7) is 7.63. The van der Waals surface area contributed by atoms with Gasteiger partial charge >= 0.3 is 0 Å². The average Bonchev–Trinajstić information content (AvgIpc) is 2.92. The van der Waals surface area contributed by atoms with Crippen molar-refractivity contribution in [1.82, 2.24) is 9.80 Å². The number of carbonyl (C=O) groups is 1. The summed E-state index contributed by atoms with van der Waals surface area (Å²) in [5.74, 6) is 0.665. The SMILES string of the molecule is CCCOc1ccc(CC(=O)N(Cc2ccc(F)cc2)C2CCN(CCC3OCCCO3)CC2)cc1. The van der Waals surface area contributed by atoms with E-state index in [1.165, 1.54) is 12.1 Å². The molecule has 2 aromatic rings. The molecule has 7 heteroatoms. The van der Waals surface area contributed by atoms with Gasteiger partial charge in [0.25, 0.3) is 0 Å². The highest BCUT2D eigenvalue weighted by Gasteiger charge is 2.28. The van der Waals surface area contributed by atoms with Crippen molar-refractivity contribution in [1.29, 1.82) is 0 Å². The number of rotatable bonds is 11. The number of amides is 1. The third-order valence-corrected chi connectivity index (χ3v) is 6.91. The van der Waals surface area contributed by atoms with Crippen LogP contribution in [-0.2, 0) is 27.2 Å². The van der Waals surface area contributed by atoms with E-state index >= 15 is 0 Å². The average molecular weight is 499 g/mol. The summed E-state index contributed by atoms with van der Waals surface area (Å²) in [4.78, 5) is 18.0. The molecular weight excluding hydrogens is 459 g/mol. The Kier molecular flexibility index (Phi) is 10.1. The van der Waals surface area contributed by atoms with Gasteiger partial charge in [-0.05, 0) is 61.1 Å². The molecule has 0 N–H and O–H groups in total. The molecule has 2 saturated heterocycles. The lowest BCUT2D eigenvalue weighted by atomic mass is 10.0. The van der Waals surface area contributed by atoms with Gasteiger partial charge in [0, 0.05) is 38.6 Å². The van der Waals surface area contributed by atoms with E-state index in [-0.39, 0.29) is 24.1 Å². The van der Waals surface area contributed by atoms with Crippen molar-refractivity contribution in [3.8, 4) is 5.75 Å². The first-order valence-electron chi connectivity index (χ1n) is 13.3. The standard InChI is InChI=1S/C29H39FN2O4/c1-2-18-34-27-10-6-23(7-11-27)21-28(33)32(22-24-4-8-25(30)9-5-24)26-12-15-31(16-13-26)17-14-29-35-19-3-20-36-29/h4-11,26,29H,2-3,12-22H2,1H3. The largest absolute Gasteiger partial charge is 0.494 e. The van der Waals surface area contributed by atoms with Crippen molar-refractivity contribution >= 4 is 5.91 Å². The lowest BCUT2D eigenvalue weighted by Gasteiger charge is -2.39. The predicted octanol–water partition coefficient (Wildman–Crippen LogP) is 4.80. The minimum Gasteiger partial charge on any atom is -0.494 e. The second kappa shape index (κ2) is 13.7.